The third-order valence-corrected chi connectivity index (χ3v) is 10.9. The highest BCUT2D eigenvalue weighted by molar-refractivity contribution is 6.37. The predicted molar refractivity (Wildman–Crippen MR) is 193 cm³/mol. The van der Waals surface area contributed by atoms with Gasteiger partial charge in [-0.3, -0.25) is 0 Å². The van der Waals surface area contributed by atoms with Gasteiger partial charge in [0.05, 0.1) is 0 Å². The monoisotopic (exact) mass is 580 g/mol. The molecule has 0 aromatic heterocycles. The molecule has 0 saturated carbocycles. The highest BCUT2D eigenvalue weighted by Crippen LogP contribution is 2.62. The van der Waals surface area contributed by atoms with Crippen LogP contribution in [-0.2, 0) is 0 Å². The summed E-state index contributed by atoms with van der Waals surface area (Å²) in [6.07, 6.45) is 21.1. The Balaban J connectivity index is 1.31. The maximum Gasteiger partial charge on any atom is 0.0205 e. The first-order valence-electron chi connectivity index (χ1n) is 16.3. The predicted octanol–water partition coefficient (Wildman–Crippen LogP) is 11.2. The smallest absolute Gasteiger partial charge is 0.0205 e. The second kappa shape index (κ2) is 8.93. The van der Waals surface area contributed by atoms with Crippen LogP contribution in [0.4, 0.5) is 0 Å². The number of fused-ring (bicyclic) bond motifs is 7. The fourth-order valence-electron chi connectivity index (χ4n) is 9.00. The van der Waals surface area contributed by atoms with Crippen LogP contribution in [0.1, 0.15) is 27.8 Å². The van der Waals surface area contributed by atoms with Crippen LogP contribution in [0.5, 0.6) is 0 Å². The first-order valence-corrected chi connectivity index (χ1v) is 16.3. The van der Waals surface area contributed by atoms with Crippen LogP contribution in [0, 0.1) is 11.8 Å². The molecule has 11 rings (SSSR count). The summed E-state index contributed by atoms with van der Waals surface area (Å²) in [6, 6.07) is 38.5. The zero-order chi connectivity index (χ0) is 29.9. The molecular weight excluding hydrogens is 553 g/mol. The highest BCUT2D eigenvalue weighted by atomic mass is 14.5. The van der Waals surface area contributed by atoms with Gasteiger partial charge in [-0.2, -0.15) is 0 Å². The van der Waals surface area contributed by atoms with E-state index in [0.717, 1.165) is 0 Å². The molecule has 6 aliphatic rings. The molecule has 0 radical (unpaired) electrons. The van der Waals surface area contributed by atoms with Crippen molar-refractivity contribution in [1.82, 2.24) is 0 Å². The first-order chi connectivity index (χ1) is 22.8. The van der Waals surface area contributed by atoms with E-state index in [2.05, 4.69) is 158 Å². The van der Waals surface area contributed by atoms with Gasteiger partial charge in [-0.15, -0.1) is 0 Å². The molecule has 6 aliphatic carbocycles. The molecule has 0 heterocycles. The van der Waals surface area contributed by atoms with Crippen molar-refractivity contribution in [3.63, 3.8) is 0 Å². The second-order valence-corrected chi connectivity index (χ2v) is 13.2. The standard InChI is InChI=1S/C46H28/c1-2-10-27(11-3-1)43-37-22-30-12-4-6-14-32(30)24-39(37)46-44(38-23-31-13-5-7-15-33(31)25-40(38)45(43)46)36-26-34-18-8-16-28-20-21-29-17-9-19-35(36)42(29)41(28)34/h1-26,41-42H. The molecule has 212 valence electrons. The summed E-state index contributed by atoms with van der Waals surface area (Å²) in [5, 5.41) is 5.14. The minimum absolute atomic E-state index is 0.331. The molecule has 0 bridgehead atoms. The van der Waals surface area contributed by atoms with Crippen LogP contribution in [0.25, 0.3) is 43.8 Å². The summed E-state index contributed by atoms with van der Waals surface area (Å²) in [7, 11) is 0. The van der Waals surface area contributed by atoms with Gasteiger partial charge in [0.25, 0.3) is 0 Å². The number of rotatable bonds is 2. The van der Waals surface area contributed by atoms with Crippen LogP contribution >= 0.6 is 0 Å². The third-order valence-electron chi connectivity index (χ3n) is 10.9. The summed E-state index contributed by atoms with van der Waals surface area (Å²) < 4.78 is 0. The van der Waals surface area contributed by atoms with Gasteiger partial charge in [0.1, 0.15) is 0 Å². The van der Waals surface area contributed by atoms with Gasteiger partial charge in [-0.1, -0.05) is 134 Å². The molecule has 0 heteroatoms. The largest absolute Gasteiger partial charge is 0.0622 e. The Morgan fingerprint density at radius 3 is 1.52 bits per heavy atom. The molecule has 0 spiro atoms. The molecule has 2 unspecified atom stereocenters. The average Bonchev–Trinajstić information content (AvgIpc) is 3.60. The molecule has 5 aromatic rings. The Hall–Kier alpha value is -5.72. The minimum atomic E-state index is 0.331. The fraction of sp³-hybridized carbons (Fsp3) is 0.0435. The van der Waals surface area contributed by atoms with E-state index in [9.17, 15) is 0 Å². The summed E-state index contributed by atoms with van der Waals surface area (Å²) in [5.41, 5.74) is 19.2. The highest BCUT2D eigenvalue weighted by Gasteiger charge is 2.44. The zero-order valence-electron chi connectivity index (χ0n) is 25.2. The lowest BCUT2D eigenvalue weighted by molar-refractivity contribution is 0.559. The van der Waals surface area contributed by atoms with Crippen LogP contribution in [-0.4, -0.2) is 0 Å². The Kier molecular flexibility index (Phi) is 4.77. The fourth-order valence-corrected chi connectivity index (χ4v) is 9.00. The van der Waals surface area contributed by atoms with Crippen molar-refractivity contribution in [1.29, 1.82) is 0 Å². The Morgan fingerprint density at radius 1 is 0.391 bits per heavy atom. The lowest BCUT2D eigenvalue weighted by Gasteiger charge is -2.42. The number of hydrogen-bond donors (Lipinski definition) is 0. The summed E-state index contributed by atoms with van der Waals surface area (Å²) in [6.45, 7) is 0. The molecule has 0 nitrogen and oxygen atoms in total. The number of benzene rings is 5. The van der Waals surface area contributed by atoms with Gasteiger partial charge in [0.2, 0.25) is 0 Å². The molecule has 2 atom stereocenters. The van der Waals surface area contributed by atoms with Gasteiger partial charge < -0.3 is 0 Å². The quantitative estimate of drug-likeness (QED) is 0.195. The lowest BCUT2D eigenvalue weighted by atomic mass is 9.61. The SMILES string of the molecule is C1=CC2=CC=C3C=CC=C4C(C5=C6C(=C(c7ccccc7)c7cc8ccccc8cc76)c6cc7ccccc7cc65)=CC(=C1)C2C34. The molecule has 46 heavy (non-hydrogen) atoms. The summed E-state index contributed by atoms with van der Waals surface area (Å²) in [4.78, 5) is 0. The van der Waals surface area contributed by atoms with E-state index in [-0.39, 0.29) is 0 Å². The van der Waals surface area contributed by atoms with Crippen LogP contribution in [0.2, 0.25) is 0 Å². The normalized spacial score (nSPS) is 21.3. The second-order valence-electron chi connectivity index (χ2n) is 13.2. The Bertz CT molecular complexity index is 2550. The van der Waals surface area contributed by atoms with Gasteiger partial charge in [-0.05, 0) is 124 Å². The number of allylic oxidation sites excluding steroid dienone is 17. The first kappa shape index (κ1) is 24.6. The molecule has 0 aliphatic heterocycles. The van der Waals surface area contributed by atoms with Crippen molar-refractivity contribution >= 4 is 43.8 Å². The van der Waals surface area contributed by atoms with Crippen molar-refractivity contribution in [3.8, 4) is 0 Å². The maximum atomic E-state index is 2.53. The van der Waals surface area contributed by atoms with Gasteiger partial charge in [0.15, 0.2) is 0 Å². The van der Waals surface area contributed by atoms with E-state index < -0.39 is 0 Å². The van der Waals surface area contributed by atoms with E-state index in [4.69, 9.17) is 0 Å². The Labute approximate surface area is 268 Å². The zero-order valence-corrected chi connectivity index (χ0v) is 25.2. The van der Waals surface area contributed by atoms with Gasteiger partial charge in [0, 0.05) is 11.8 Å². The molecule has 5 aromatic carbocycles. The summed E-state index contributed by atoms with van der Waals surface area (Å²) >= 11 is 0. The average molecular weight is 581 g/mol. The summed E-state index contributed by atoms with van der Waals surface area (Å²) in [5.74, 6) is 0.708. The van der Waals surface area contributed by atoms with E-state index in [0.29, 0.717) is 11.8 Å². The van der Waals surface area contributed by atoms with Crippen molar-refractivity contribution < 1.29 is 0 Å². The van der Waals surface area contributed by atoms with E-state index in [1.807, 2.05) is 0 Å². The van der Waals surface area contributed by atoms with Crippen molar-refractivity contribution in [2.24, 2.45) is 11.8 Å². The lowest BCUT2D eigenvalue weighted by Crippen LogP contribution is -2.30. The maximum absolute atomic E-state index is 2.53. The van der Waals surface area contributed by atoms with Crippen LogP contribution in [0.15, 0.2) is 186 Å². The third kappa shape index (κ3) is 3.18. The number of hydrogen-bond acceptors (Lipinski definition) is 0. The van der Waals surface area contributed by atoms with Crippen molar-refractivity contribution in [3.05, 3.63) is 213 Å². The Morgan fingerprint density at radius 2 is 0.891 bits per heavy atom. The van der Waals surface area contributed by atoms with Crippen LogP contribution in [0.3, 0.4) is 0 Å². The molecule has 0 N–H and O–H groups in total. The molecule has 0 saturated heterocycles. The van der Waals surface area contributed by atoms with Gasteiger partial charge in [-0.25, -0.2) is 0 Å². The van der Waals surface area contributed by atoms with Crippen molar-refractivity contribution in [2.45, 2.75) is 0 Å². The van der Waals surface area contributed by atoms with E-state index in [1.165, 1.54) is 99.5 Å². The van der Waals surface area contributed by atoms with Crippen LogP contribution < -0.4 is 0 Å². The topological polar surface area (TPSA) is 0 Å². The molecule has 0 fully saturated rings. The molecule has 0 amide bonds. The van der Waals surface area contributed by atoms with Gasteiger partial charge >= 0.3 is 0 Å². The van der Waals surface area contributed by atoms with E-state index >= 15 is 0 Å². The van der Waals surface area contributed by atoms with Crippen molar-refractivity contribution in [2.75, 3.05) is 0 Å². The molecular formula is C46H28. The van der Waals surface area contributed by atoms with E-state index in [1.54, 1.807) is 0 Å². The minimum Gasteiger partial charge on any atom is -0.0622 e.